The van der Waals surface area contributed by atoms with Gasteiger partial charge in [-0.3, -0.25) is 10.1 Å². The second kappa shape index (κ2) is 5.50. The Bertz CT molecular complexity index is 647. The molecule has 1 saturated carbocycles. The van der Waals surface area contributed by atoms with E-state index in [1.165, 1.54) is 0 Å². The van der Waals surface area contributed by atoms with Crippen LogP contribution in [0.15, 0.2) is 34.9 Å². The molecule has 6 heteroatoms. The minimum Gasteiger partial charge on any atom is -0.480 e. The first-order valence-electron chi connectivity index (χ1n) is 6.78. The highest BCUT2D eigenvalue weighted by Gasteiger charge is 2.43. The topological polar surface area (TPSA) is 75.4 Å². The Morgan fingerprint density at radius 2 is 2.10 bits per heavy atom. The summed E-state index contributed by atoms with van der Waals surface area (Å²) in [5.41, 5.74) is 0.731. The van der Waals surface area contributed by atoms with Gasteiger partial charge >= 0.3 is 5.97 Å². The molecule has 0 radical (unpaired) electrons. The summed E-state index contributed by atoms with van der Waals surface area (Å²) in [4.78, 5) is 15.6. The van der Waals surface area contributed by atoms with Crippen LogP contribution in [0.2, 0.25) is 5.02 Å². The fourth-order valence-electron chi connectivity index (χ4n) is 2.37. The summed E-state index contributed by atoms with van der Waals surface area (Å²) >= 11 is 5.84. The molecule has 0 amide bonds. The number of hydrogen-bond donors (Lipinski definition) is 2. The Hall–Kier alpha value is -1.85. The lowest BCUT2D eigenvalue weighted by atomic mass is 9.77. The molecule has 0 saturated heterocycles. The zero-order valence-electron chi connectivity index (χ0n) is 11.3. The molecule has 1 heterocycles. The van der Waals surface area contributed by atoms with Gasteiger partial charge in [0.1, 0.15) is 11.8 Å². The van der Waals surface area contributed by atoms with Crippen molar-refractivity contribution in [3.05, 3.63) is 41.2 Å². The summed E-state index contributed by atoms with van der Waals surface area (Å²) in [5, 5.41) is 13.0. The molecule has 0 spiro atoms. The number of rotatable bonds is 5. The third-order valence-corrected chi connectivity index (χ3v) is 4.12. The number of benzene rings is 1. The maximum absolute atomic E-state index is 11.3. The number of nitrogens with one attached hydrogen (secondary N) is 1. The summed E-state index contributed by atoms with van der Waals surface area (Å²) in [6, 6.07) is 7.20. The summed E-state index contributed by atoms with van der Waals surface area (Å²) < 4.78 is 5.43. The first-order valence-corrected chi connectivity index (χ1v) is 7.16. The Labute approximate surface area is 126 Å². The molecule has 1 aromatic heterocycles. The van der Waals surface area contributed by atoms with E-state index in [0.717, 1.165) is 12.0 Å². The summed E-state index contributed by atoms with van der Waals surface area (Å²) in [6.07, 6.45) is 3.80. The Kier molecular flexibility index (Phi) is 3.69. The van der Waals surface area contributed by atoms with Crippen molar-refractivity contribution in [3.63, 3.8) is 0 Å². The fourth-order valence-corrected chi connectivity index (χ4v) is 2.50. The molecular formula is C15H15ClN2O3. The molecule has 0 unspecified atom stereocenters. The summed E-state index contributed by atoms with van der Waals surface area (Å²) in [7, 11) is 0. The molecule has 1 aromatic carbocycles. The summed E-state index contributed by atoms with van der Waals surface area (Å²) in [5.74, 6) is -0.295. The van der Waals surface area contributed by atoms with Gasteiger partial charge in [0, 0.05) is 17.1 Å². The fraction of sp³-hybridized carbons (Fsp3) is 0.333. The minimum absolute atomic E-state index is 0.378. The number of aliphatic carboxylic acids is 1. The number of carboxylic acids is 1. The van der Waals surface area contributed by atoms with E-state index in [9.17, 15) is 9.90 Å². The van der Waals surface area contributed by atoms with E-state index in [0.29, 0.717) is 36.0 Å². The first-order chi connectivity index (χ1) is 10.1. The monoisotopic (exact) mass is 306 g/mol. The van der Waals surface area contributed by atoms with Crippen molar-refractivity contribution in [2.75, 3.05) is 0 Å². The highest BCUT2D eigenvalue weighted by atomic mass is 35.5. The average Bonchev–Trinajstić information content (AvgIpc) is 2.87. The van der Waals surface area contributed by atoms with E-state index in [-0.39, 0.29) is 0 Å². The molecule has 2 N–H and O–H groups in total. The standard InChI is InChI=1S/C15H15ClN2O3/c16-11-4-2-10(3-5-11)13-18-12(9-21-13)8-17-15(14(19)20)6-1-7-15/h2-5,9,17H,1,6-8H2,(H,19,20). The maximum Gasteiger partial charge on any atom is 0.323 e. The van der Waals surface area contributed by atoms with Gasteiger partial charge < -0.3 is 9.52 Å². The van der Waals surface area contributed by atoms with Crippen molar-refractivity contribution in [2.45, 2.75) is 31.3 Å². The van der Waals surface area contributed by atoms with Crippen molar-refractivity contribution < 1.29 is 14.3 Å². The molecule has 1 aliphatic rings. The Morgan fingerprint density at radius 3 is 2.67 bits per heavy atom. The Balaban J connectivity index is 1.68. The second-order valence-electron chi connectivity index (χ2n) is 5.25. The number of carbonyl (C=O) groups is 1. The number of carboxylic acid groups (broad SMARTS) is 1. The lowest BCUT2D eigenvalue weighted by molar-refractivity contribution is -0.148. The minimum atomic E-state index is -0.796. The van der Waals surface area contributed by atoms with Gasteiger partial charge in [0.2, 0.25) is 5.89 Å². The quantitative estimate of drug-likeness (QED) is 0.888. The number of nitrogens with zero attached hydrogens (tertiary/aromatic N) is 1. The van der Waals surface area contributed by atoms with Crippen LogP contribution in [0.25, 0.3) is 11.5 Å². The van der Waals surface area contributed by atoms with E-state index in [2.05, 4.69) is 10.3 Å². The molecule has 21 heavy (non-hydrogen) atoms. The molecule has 0 aliphatic heterocycles. The van der Waals surface area contributed by atoms with Crippen LogP contribution in [0.3, 0.4) is 0 Å². The van der Waals surface area contributed by atoms with Crippen LogP contribution in [-0.2, 0) is 11.3 Å². The third kappa shape index (κ3) is 2.80. The molecule has 3 rings (SSSR count). The molecule has 5 nitrogen and oxygen atoms in total. The Morgan fingerprint density at radius 1 is 1.38 bits per heavy atom. The normalized spacial score (nSPS) is 16.4. The van der Waals surface area contributed by atoms with Crippen LogP contribution < -0.4 is 5.32 Å². The van der Waals surface area contributed by atoms with Crippen LogP contribution in [-0.4, -0.2) is 21.6 Å². The molecule has 110 valence electrons. The van der Waals surface area contributed by atoms with Gasteiger partial charge in [0.05, 0.1) is 5.69 Å². The van der Waals surface area contributed by atoms with Crippen molar-refractivity contribution in [2.24, 2.45) is 0 Å². The van der Waals surface area contributed by atoms with Gasteiger partial charge in [-0.2, -0.15) is 0 Å². The van der Waals surface area contributed by atoms with E-state index in [4.69, 9.17) is 16.0 Å². The average molecular weight is 307 g/mol. The van der Waals surface area contributed by atoms with Gasteiger partial charge in [-0.15, -0.1) is 0 Å². The predicted molar refractivity (Wildman–Crippen MR) is 78.0 cm³/mol. The zero-order valence-corrected chi connectivity index (χ0v) is 12.1. The highest BCUT2D eigenvalue weighted by molar-refractivity contribution is 6.30. The summed E-state index contributed by atoms with van der Waals surface area (Å²) in [6.45, 7) is 0.378. The molecule has 1 fully saturated rings. The maximum atomic E-state index is 11.3. The van der Waals surface area contributed by atoms with Crippen molar-refractivity contribution >= 4 is 17.6 Å². The number of halogens is 1. The van der Waals surface area contributed by atoms with Crippen molar-refractivity contribution in [1.82, 2.24) is 10.3 Å². The van der Waals surface area contributed by atoms with E-state index >= 15 is 0 Å². The molecule has 0 atom stereocenters. The first kappa shape index (κ1) is 14.1. The second-order valence-corrected chi connectivity index (χ2v) is 5.68. The number of oxazole rings is 1. The number of hydrogen-bond acceptors (Lipinski definition) is 4. The van der Waals surface area contributed by atoms with E-state index in [1.807, 2.05) is 12.1 Å². The largest absolute Gasteiger partial charge is 0.480 e. The van der Waals surface area contributed by atoms with Crippen LogP contribution in [0.1, 0.15) is 25.0 Å². The van der Waals surface area contributed by atoms with E-state index < -0.39 is 11.5 Å². The van der Waals surface area contributed by atoms with Gasteiger partial charge in [-0.25, -0.2) is 4.98 Å². The molecular weight excluding hydrogens is 292 g/mol. The number of aromatic nitrogens is 1. The van der Waals surface area contributed by atoms with Crippen LogP contribution in [0, 0.1) is 0 Å². The molecule has 2 aromatic rings. The van der Waals surface area contributed by atoms with Gasteiger partial charge in [-0.1, -0.05) is 11.6 Å². The van der Waals surface area contributed by atoms with Crippen molar-refractivity contribution in [1.29, 1.82) is 0 Å². The van der Waals surface area contributed by atoms with Crippen LogP contribution >= 0.6 is 11.6 Å². The predicted octanol–water partition coefficient (Wildman–Crippen LogP) is 3.09. The molecule has 0 bridgehead atoms. The third-order valence-electron chi connectivity index (χ3n) is 3.87. The van der Waals surface area contributed by atoms with Crippen LogP contribution in [0.5, 0.6) is 0 Å². The van der Waals surface area contributed by atoms with Gasteiger partial charge in [0.25, 0.3) is 0 Å². The van der Waals surface area contributed by atoms with Gasteiger partial charge in [0.15, 0.2) is 0 Å². The van der Waals surface area contributed by atoms with Crippen LogP contribution in [0.4, 0.5) is 0 Å². The lowest BCUT2D eigenvalue weighted by Gasteiger charge is -2.38. The molecule has 1 aliphatic carbocycles. The smallest absolute Gasteiger partial charge is 0.323 e. The SMILES string of the molecule is O=C(O)C1(NCc2coc(-c3ccc(Cl)cc3)n2)CCC1. The van der Waals surface area contributed by atoms with Crippen molar-refractivity contribution in [3.8, 4) is 11.5 Å². The van der Waals surface area contributed by atoms with Gasteiger partial charge in [-0.05, 0) is 43.5 Å². The van der Waals surface area contributed by atoms with E-state index in [1.54, 1.807) is 18.4 Å². The zero-order chi connectivity index (χ0) is 14.9. The lowest BCUT2D eigenvalue weighted by Crippen LogP contribution is -2.56. The highest BCUT2D eigenvalue weighted by Crippen LogP contribution is 2.32.